The average molecular weight is 518 g/mol. The van der Waals surface area contributed by atoms with Gasteiger partial charge in [0.2, 0.25) is 0 Å². The number of benzene rings is 2. The molecule has 1 fully saturated rings. The molecule has 0 spiro atoms. The normalized spacial score (nSPS) is 17.8. The van der Waals surface area contributed by atoms with Crippen LogP contribution in [0.4, 0.5) is 29.3 Å². The summed E-state index contributed by atoms with van der Waals surface area (Å²) in [5.41, 5.74) is 1.26. The Morgan fingerprint density at radius 1 is 1.08 bits per heavy atom. The lowest BCUT2D eigenvalue weighted by Crippen LogP contribution is -2.43. The molecule has 190 valence electrons. The van der Waals surface area contributed by atoms with Gasteiger partial charge in [0.25, 0.3) is 5.91 Å². The van der Waals surface area contributed by atoms with E-state index < -0.39 is 17.8 Å². The molecule has 36 heavy (non-hydrogen) atoms. The lowest BCUT2D eigenvalue weighted by atomic mass is 9.93. The summed E-state index contributed by atoms with van der Waals surface area (Å²) in [6.45, 7) is 2.59. The summed E-state index contributed by atoms with van der Waals surface area (Å²) < 4.78 is 39.6. The van der Waals surface area contributed by atoms with Crippen LogP contribution in [-0.2, 0) is 11.0 Å². The zero-order valence-corrected chi connectivity index (χ0v) is 20.8. The maximum Gasteiger partial charge on any atom is 0.418 e. The maximum atomic E-state index is 13.2. The molecule has 0 aliphatic carbocycles. The topological polar surface area (TPSA) is 77.0 Å². The number of likely N-dealkylation sites (N-methyl/N-ethyl adjacent to an activating group) is 1. The molecule has 3 amide bonds. The number of nitrogens with zero attached hydrogens (tertiary/aromatic N) is 3. The van der Waals surface area contributed by atoms with Crippen LogP contribution in [0.15, 0.2) is 64.8 Å². The van der Waals surface area contributed by atoms with Crippen LogP contribution in [0.25, 0.3) is 0 Å². The summed E-state index contributed by atoms with van der Waals surface area (Å²) in [6, 6.07) is 10.6. The Labute approximate surface area is 211 Å². The van der Waals surface area contributed by atoms with Gasteiger partial charge in [0.05, 0.1) is 28.6 Å². The number of rotatable bonds is 4. The highest BCUT2D eigenvalue weighted by Crippen LogP contribution is 2.40. The second kappa shape index (κ2) is 10.3. The van der Waals surface area contributed by atoms with Gasteiger partial charge < -0.3 is 20.4 Å². The van der Waals surface area contributed by atoms with Crippen molar-refractivity contribution < 1.29 is 22.8 Å². The zero-order chi connectivity index (χ0) is 26.0. The minimum atomic E-state index is -4.59. The Morgan fingerprint density at radius 3 is 2.44 bits per heavy atom. The van der Waals surface area contributed by atoms with Crippen molar-refractivity contribution >= 4 is 40.2 Å². The Morgan fingerprint density at radius 2 is 1.78 bits per heavy atom. The number of carbonyl (C=O) groups is 2. The van der Waals surface area contributed by atoms with E-state index in [0.29, 0.717) is 17.0 Å². The Kier molecular flexibility index (Phi) is 7.30. The van der Waals surface area contributed by atoms with Gasteiger partial charge in [-0.3, -0.25) is 4.79 Å². The first-order chi connectivity index (χ1) is 17.1. The molecule has 2 heterocycles. The smallest absolute Gasteiger partial charge is 0.345 e. The predicted molar refractivity (Wildman–Crippen MR) is 136 cm³/mol. The zero-order valence-electron chi connectivity index (χ0n) is 20.0. The number of hydrogen-bond donors (Lipinski definition) is 2. The minimum absolute atomic E-state index is 0.124. The first-order valence-corrected chi connectivity index (χ1v) is 12.3. The second-order valence-corrected chi connectivity index (χ2v) is 9.70. The largest absolute Gasteiger partial charge is 0.418 e. The number of para-hydroxylation sites is 1. The van der Waals surface area contributed by atoms with E-state index in [9.17, 15) is 22.8 Å². The molecule has 2 aromatic carbocycles. The number of carbonyl (C=O) groups excluding carboxylic acids is 2. The van der Waals surface area contributed by atoms with E-state index in [0.717, 1.165) is 35.5 Å². The number of allylic oxidation sites excluding steroid dienone is 1. The fourth-order valence-electron chi connectivity index (χ4n) is 4.20. The molecule has 0 bridgehead atoms. The van der Waals surface area contributed by atoms with E-state index in [1.54, 1.807) is 38.0 Å². The molecule has 1 unspecified atom stereocenters. The number of thioether (sulfide) groups is 1. The molecule has 7 nitrogen and oxygen atoms in total. The van der Waals surface area contributed by atoms with E-state index in [1.807, 2.05) is 19.1 Å². The monoisotopic (exact) mass is 517 g/mol. The van der Waals surface area contributed by atoms with Crippen molar-refractivity contribution in [1.29, 1.82) is 0 Å². The van der Waals surface area contributed by atoms with Gasteiger partial charge in [-0.2, -0.15) is 13.2 Å². The molecular formula is C25H26F3N5O2S. The third-order valence-corrected chi connectivity index (χ3v) is 6.94. The van der Waals surface area contributed by atoms with E-state index in [1.165, 1.54) is 23.1 Å². The molecule has 2 aliphatic rings. The van der Waals surface area contributed by atoms with Gasteiger partial charge in [0.1, 0.15) is 0 Å². The molecule has 2 N–H and O–H groups in total. The number of anilines is 2. The minimum Gasteiger partial charge on any atom is -0.345 e. The summed E-state index contributed by atoms with van der Waals surface area (Å²) in [5, 5.41) is 5.72. The third-order valence-electron chi connectivity index (χ3n) is 5.86. The lowest BCUT2D eigenvalue weighted by molar-refractivity contribution is -0.137. The summed E-state index contributed by atoms with van der Waals surface area (Å²) >= 11 is 1.66. The van der Waals surface area contributed by atoms with Crippen LogP contribution < -0.4 is 10.6 Å². The molecule has 1 atom stereocenters. The van der Waals surface area contributed by atoms with Crippen LogP contribution in [-0.4, -0.2) is 53.3 Å². The van der Waals surface area contributed by atoms with Gasteiger partial charge in [-0.15, -0.1) is 0 Å². The van der Waals surface area contributed by atoms with Gasteiger partial charge in [0, 0.05) is 32.1 Å². The molecule has 2 aliphatic heterocycles. The molecular weight excluding hydrogens is 491 g/mol. The van der Waals surface area contributed by atoms with Crippen LogP contribution >= 0.6 is 11.8 Å². The first kappa shape index (κ1) is 25.6. The summed E-state index contributed by atoms with van der Waals surface area (Å²) in [4.78, 5) is 33.8. The number of fused-ring (bicyclic) bond motifs is 1. The highest BCUT2D eigenvalue weighted by Gasteiger charge is 2.37. The lowest BCUT2D eigenvalue weighted by Gasteiger charge is -2.41. The van der Waals surface area contributed by atoms with Gasteiger partial charge in [-0.05, 0) is 43.2 Å². The second-order valence-electron chi connectivity index (χ2n) is 8.64. The molecule has 0 aromatic heterocycles. The van der Waals surface area contributed by atoms with E-state index >= 15 is 0 Å². The predicted octanol–water partition coefficient (Wildman–Crippen LogP) is 5.56. The van der Waals surface area contributed by atoms with E-state index in [4.69, 9.17) is 0 Å². The molecule has 1 saturated heterocycles. The quantitative estimate of drug-likeness (QED) is 0.557. The highest BCUT2D eigenvalue weighted by molar-refractivity contribution is 8.13. The molecule has 0 saturated carbocycles. The van der Waals surface area contributed by atoms with Crippen LogP contribution in [0.3, 0.4) is 0 Å². The first-order valence-electron chi connectivity index (χ1n) is 11.3. The molecule has 2 aromatic rings. The Bertz CT molecular complexity index is 1220. The van der Waals surface area contributed by atoms with Crippen LogP contribution in [0.1, 0.15) is 30.5 Å². The maximum absolute atomic E-state index is 13.2. The van der Waals surface area contributed by atoms with Gasteiger partial charge in [-0.25, -0.2) is 9.79 Å². The van der Waals surface area contributed by atoms with Crippen molar-refractivity contribution in [2.24, 2.45) is 4.99 Å². The summed E-state index contributed by atoms with van der Waals surface area (Å²) in [7, 11) is 3.40. The number of alkyl halides is 3. The van der Waals surface area contributed by atoms with Crippen LogP contribution in [0.2, 0.25) is 0 Å². The molecule has 0 radical (unpaired) electrons. The van der Waals surface area contributed by atoms with Crippen molar-refractivity contribution in [2.45, 2.75) is 25.6 Å². The van der Waals surface area contributed by atoms with Crippen LogP contribution in [0, 0.1) is 0 Å². The van der Waals surface area contributed by atoms with Crippen LogP contribution in [0.5, 0.6) is 0 Å². The number of aliphatic imine (C=N–C) groups is 1. The Hall–Kier alpha value is -3.47. The number of hydrogen-bond acceptors (Lipinski definition) is 5. The van der Waals surface area contributed by atoms with Gasteiger partial charge in [-0.1, -0.05) is 36.0 Å². The van der Waals surface area contributed by atoms with Gasteiger partial charge >= 0.3 is 12.2 Å². The third kappa shape index (κ3) is 5.35. The Balaban J connectivity index is 1.56. The van der Waals surface area contributed by atoms with Crippen molar-refractivity contribution in [3.05, 3.63) is 70.9 Å². The molecule has 11 heteroatoms. The number of nitrogens with one attached hydrogen (secondary N) is 2. The van der Waals surface area contributed by atoms with E-state index in [-0.39, 0.29) is 17.6 Å². The van der Waals surface area contributed by atoms with Crippen molar-refractivity contribution in [3.63, 3.8) is 0 Å². The number of amidine groups is 1. The fraction of sp³-hybridized carbons (Fsp3) is 0.320. The van der Waals surface area contributed by atoms with Crippen molar-refractivity contribution in [1.82, 2.24) is 9.80 Å². The number of amides is 3. The van der Waals surface area contributed by atoms with Gasteiger partial charge in [0.15, 0.2) is 5.17 Å². The summed E-state index contributed by atoms with van der Waals surface area (Å²) in [6.07, 6.45) is -3.63. The van der Waals surface area contributed by atoms with E-state index in [2.05, 4.69) is 20.5 Å². The average Bonchev–Trinajstić information content (AvgIpc) is 2.83. The fourth-order valence-corrected chi connectivity index (χ4v) is 5.22. The highest BCUT2D eigenvalue weighted by atomic mass is 32.2. The van der Waals surface area contributed by atoms with Crippen molar-refractivity contribution in [3.8, 4) is 0 Å². The standard InChI is InChI=1S/C25H26F3N5O2S/c1-15-20(22(34)32(2)3)21(33-13-6-14-36-24(33)29-15)16-9-11-17(12-10-16)30-23(35)31-19-8-5-4-7-18(19)25(26,27)28/h4-5,7-12,21H,6,13-14H2,1-3H3,(H2,30,31,35). The summed E-state index contributed by atoms with van der Waals surface area (Å²) in [5.74, 6) is 0.836. The van der Waals surface area contributed by atoms with Crippen molar-refractivity contribution in [2.75, 3.05) is 37.0 Å². The SMILES string of the molecule is CC1=C(C(=O)N(C)C)C(c2ccc(NC(=O)Nc3ccccc3C(F)(F)F)cc2)N2CCCSC2=N1. The number of halogens is 3. The number of urea groups is 1. The molecule has 4 rings (SSSR count).